The Morgan fingerprint density at radius 2 is 1.52 bits per heavy atom. The maximum atomic E-state index is 12.0. The minimum Gasteiger partial charge on any atom is -0.744 e. The molecule has 132 valence electrons. The van der Waals surface area contributed by atoms with Crippen LogP contribution in [0.4, 0.5) is 0 Å². The first-order chi connectivity index (χ1) is 11.2. The summed E-state index contributed by atoms with van der Waals surface area (Å²) in [5.41, 5.74) is 1.75. The molecular formula is C20H27NaO3S. The molecule has 0 unspecified atom stereocenters. The summed E-state index contributed by atoms with van der Waals surface area (Å²) >= 11 is 0. The molecule has 2 aromatic carbocycles. The van der Waals surface area contributed by atoms with Crippen LogP contribution in [0, 0.1) is 11.8 Å². The molecule has 0 aliphatic rings. The van der Waals surface area contributed by atoms with Crippen molar-refractivity contribution in [2.75, 3.05) is 0 Å². The third-order valence-corrected chi connectivity index (χ3v) is 5.38. The van der Waals surface area contributed by atoms with Crippen LogP contribution in [0.5, 0.6) is 0 Å². The summed E-state index contributed by atoms with van der Waals surface area (Å²) in [4.78, 5) is 0.00000567. The van der Waals surface area contributed by atoms with E-state index in [-0.39, 0.29) is 34.5 Å². The Hall–Kier alpha value is -0.390. The van der Waals surface area contributed by atoms with Crippen LogP contribution >= 0.6 is 0 Å². The molecular weight excluding hydrogens is 343 g/mol. The van der Waals surface area contributed by atoms with Gasteiger partial charge in [0.05, 0.1) is 4.90 Å². The fourth-order valence-electron chi connectivity index (χ4n) is 3.07. The second kappa shape index (κ2) is 9.52. The first kappa shape index (κ1) is 22.7. The minimum atomic E-state index is -4.52. The van der Waals surface area contributed by atoms with Crippen molar-refractivity contribution in [2.24, 2.45) is 11.8 Å². The normalized spacial score (nSPS) is 12.0. The summed E-state index contributed by atoms with van der Waals surface area (Å²) in [6.45, 7) is 8.53. The predicted molar refractivity (Wildman–Crippen MR) is 98.2 cm³/mol. The Labute approximate surface area is 174 Å². The van der Waals surface area contributed by atoms with E-state index in [1.807, 2.05) is 12.1 Å². The van der Waals surface area contributed by atoms with Crippen LogP contribution in [0.3, 0.4) is 0 Å². The van der Waals surface area contributed by atoms with E-state index in [4.69, 9.17) is 0 Å². The zero-order valence-electron chi connectivity index (χ0n) is 16.0. The first-order valence-corrected chi connectivity index (χ1v) is 10.1. The number of hydrogen-bond donors (Lipinski definition) is 0. The van der Waals surface area contributed by atoms with Gasteiger partial charge in [-0.1, -0.05) is 58.0 Å². The summed E-state index contributed by atoms with van der Waals surface area (Å²) in [5.74, 6) is 0.985. The summed E-state index contributed by atoms with van der Waals surface area (Å²) < 4.78 is 36.1. The van der Waals surface area contributed by atoms with Gasteiger partial charge in [0.25, 0.3) is 0 Å². The molecule has 0 spiro atoms. The molecule has 5 heteroatoms. The second-order valence-electron chi connectivity index (χ2n) is 7.38. The molecule has 25 heavy (non-hydrogen) atoms. The molecule has 2 rings (SSSR count). The molecule has 0 aliphatic carbocycles. The van der Waals surface area contributed by atoms with E-state index in [1.54, 1.807) is 12.1 Å². The Kier molecular flexibility index (Phi) is 8.62. The van der Waals surface area contributed by atoms with E-state index in [0.717, 1.165) is 35.8 Å². The van der Waals surface area contributed by atoms with Gasteiger partial charge >= 0.3 is 29.6 Å². The van der Waals surface area contributed by atoms with Crippen molar-refractivity contribution in [3.63, 3.8) is 0 Å². The minimum absolute atomic E-state index is 0. The van der Waals surface area contributed by atoms with Crippen molar-refractivity contribution < 1.29 is 42.5 Å². The van der Waals surface area contributed by atoms with Crippen molar-refractivity contribution >= 4 is 20.9 Å². The number of benzene rings is 2. The molecule has 0 fully saturated rings. The maximum absolute atomic E-state index is 12.0. The van der Waals surface area contributed by atoms with Gasteiger partial charge in [-0.25, -0.2) is 8.42 Å². The molecule has 0 bridgehead atoms. The van der Waals surface area contributed by atoms with Gasteiger partial charge in [-0.3, -0.25) is 0 Å². The largest absolute Gasteiger partial charge is 1.00 e. The third-order valence-electron chi connectivity index (χ3n) is 4.41. The Bertz CT molecular complexity index is 811. The smallest absolute Gasteiger partial charge is 0.744 e. The molecule has 0 N–H and O–H groups in total. The van der Waals surface area contributed by atoms with E-state index in [9.17, 15) is 13.0 Å². The topological polar surface area (TPSA) is 57.2 Å². The van der Waals surface area contributed by atoms with E-state index in [0.29, 0.717) is 23.6 Å². The van der Waals surface area contributed by atoms with E-state index >= 15 is 0 Å². The molecule has 0 saturated heterocycles. The van der Waals surface area contributed by atoms with Crippen LogP contribution in [0.1, 0.15) is 51.7 Å². The van der Waals surface area contributed by atoms with Gasteiger partial charge in [0.1, 0.15) is 10.1 Å². The number of rotatable bonds is 7. The van der Waals surface area contributed by atoms with Crippen LogP contribution in [0.25, 0.3) is 10.8 Å². The molecule has 2 aromatic rings. The van der Waals surface area contributed by atoms with Crippen molar-refractivity contribution in [3.05, 3.63) is 41.5 Å². The fraction of sp³-hybridized carbons (Fsp3) is 0.500. The average molecular weight is 370 g/mol. The molecule has 0 aromatic heterocycles. The van der Waals surface area contributed by atoms with Crippen molar-refractivity contribution in [1.82, 2.24) is 0 Å². The standard InChI is InChI=1S/C20H28O3S.Na/c1-14(2)9-11-17-13-16-7-5-6-8-18(16)20(24(21,22)23)19(17)12-10-15(3)4;/h5-8,13-15H,9-12H2,1-4H3,(H,21,22,23);/q;+1/p-1. The number of fused-ring (bicyclic) bond motifs is 1. The van der Waals surface area contributed by atoms with Crippen LogP contribution in [-0.2, 0) is 23.0 Å². The molecule has 0 amide bonds. The van der Waals surface area contributed by atoms with Crippen molar-refractivity contribution in [3.8, 4) is 0 Å². The molecule has 0 aliphatic heterocycles. The summed E-state index contributed by atoms with van der Waals surface area (Å²) in [6, 6.07) is 9.36. The van der Waals surface area contributed by atoms with Gasteiger partial charge < -0.3 is 4.55 Å². The monoisotopic (exact) mass is 370 g/mol. The van der Waals surface area contributed by atoms with Crippen LogP contribution in [-0.4, -0.2) is 13.0 Å². The predicted octanol–water partition coefficient (Wildman–Crippen LogP) is 1.93. The molecule has 3 nitrogen and oxygen atoms in total. The van der Waals surface area contributed by atoms with E-state index in [1.165, 1.54) is 0 Å². The Balaban J connectivity index is 0.00000312. The molecule has 0 radical (unpaired) electrons. The SMILES string of the molecule is CC(C)CCc1cc2ccccc2c(S(=O)(=O)[O-])c1CCC(C)C.[Na+]. The molecule has 0 heterocycles. The van der Waals surface area contributed by atoms with Gasteiger partial charge in [0.2, 0.25) is 0 Å². The quantitative estimate of drug-likeness (QED) is 0.553. The van der Waals surface area contributed by atoms with Crippen LogP contribution in [0.15, 0.2) is 35.2 Å². The maximum Gasteiger partial charge on any atom is 1.00 e. The van der Waals surface area contributed by atoms with Crippen LogP contribution in [0.2, 0.25) is 0 Å². The van der Waals surface area contributed by atoms with Gasteiger partial charge in [-0.2, -0.15) is 0 Å². The van der Waals surface area contributed by atoms with E-state index < -0.39 is 10.1 Å². The average Bonchev–Trinajstić information content (AvgIpc) is 2.48. The van der Waals surface area contributed by atoms with Crippen molar-refractivity contribution in [1.29, 1.82) is 0 Å². The van der Waals surface area contributed by atoms with Crippen LogP contribution < -0.4 is 29.6 Å². The summed E-state index contributed by atoms with van der Waals surface area (Å²) in [6.07, 6.45) is 3.28. The molecule has 0 saturated carbocycles. The summed E-state index contributed by atoms with van der Waals surface area (Å²) in [5, 5.41) is 1.39. The molecule has 0 atom stereocenters. The zero-order valence-corrected chi connectivity index (χ0v) is 18.8. The third kappa shape index (κ3) is 6.07. The number of hydrogen-bond acceptors (Lipinski definition) is 3. The van der Waals surface area contributed by atoms with Crippen molar-refractivity contribution in [2.45, 2.75) is 58.3 Å². The van der Waals surface area contributed by atoms with Gasteiger partial charge in [0, 0.05) is 0 Å². The van der Waals surface area contributed by atoms with Gasteiger partial charge in [0.15, 0.2) is 0 Å². The van der Waals surface area contributed by atoms with Gasteiger partial charge in [-0.05, 0) is 59.4 Å². The summed E-state index contributed by atoms with van der Waals surface area (Å²) in [7, 11) is -4.52. The Morgan fingerprint density at radius 1 is 0.960 bits per heavy atom. The second-order valence-corrected chi connectivity index (χ2v) is 8.70. The van der Waals surface area contributed by atoms with Gasteiger partial charge in [-0.15, -0.1) is 0 Å². The number of aryl methyl sites for hydroxylation is 1. The fourth-order valence-corrected chi connectivity index (χ4v) is 4.06. The van der Waals surface area contributed by atoms with E-state index in [2.05, 4.69) is 33.8 Å². The Morgan fingerprint density at radius 3 is 2.08 bits per heavy atom. The zero-order chi connectivity index (χ0) is 17.9. The first-order valence-electron chi connectivity index (χ1n) is 8.69.